The van der Waals surface area contributed by atoms with Crippen LogP contribution in [-0.2, 0) is 16.1 Å². The maximum absolute atomic E-state index is 12.9. The summed E-state index contributed by atoms with van der Waals surface area (Å²) < 4.78 is 15.7. The number of benzene rings is 1. The molecule has 0 aliphatic rings. The fourth-order valence-electron chi connectivity index (χ4n) is 3.04. The van der Waals surface area contributed by atoms with Crippen molar-refractivity contribution in [3.05, 3.63) is 76.6 Å². The number of carbonyl (C=O) groups excluding carboxylic acids is 2. The number of nitrogens with zero attached hydrogens (tertiary/aromatic N) is 1. The molecule has 0 saturated carbocycles. The van der Waals surface area contributed by atoms with Gasteiger partial charge in [-0.2, -0.15) is 0 Å². The van der Waals surface area contributed by atoms with E-state index in [9.17, 15) is 9.59 Å². The molecule has 0 spiro atoms. The number of furan rings is 1. The van der Waals surface area contributed by atoms with Crippen molar-refractivity contribution in [3.8, 4) is 10.6 Å². The first kappa shape index (κ1) is 18.9. The molecule has 0 N–H and O–H groups in total. The van der Waals surface area contributed by atoms with Gasteiger partial charge in [-0.25, -0.2) is 14.6 Å². The number of aryl methyl sites for hydroxylation is 1. The molecule has 4 aromatic rings. The highest BCUT2D eigenvalue weighted by atomic mass is 32.1. The number of pyridine rings is 1. The molecule has 0 amide bonds. The summed E-state index contributed by atoms with van der Waals surface area (Å²) in [4.78, 5) is 30.2. The monoisotopic (exact) mass is 407 g/mol. The minimum absolute atomic E-state index is 0.0956. The van der Waals surface area contributed by atoms with Crippen molar-refractivity contribution in [2.45, 2.75) is 13.5 Å². The minimum atomic E-state index is -0.496. The summed E-state index contributed by atoms with van der Waals surface area (Å²) in [6, 6.07) is 14.6. The number of methoxy groups -OCH3 is 1. The number of esters is 2. The minimum Gasteiger partial charge on any atom is -0.465 e. The van der Waals surface area contributed by atoms with Crippen molar-refractivity contribution in [2.24, 2.45) is 0 Å². The van der Waals surface area contributed by atoms with Gasteiger partial charge in [0.1, 0.15) is 23.7 Å². The smallest absolute Gasteiger partial charge is 0.341 e. The normalized spacial score (nSPS) is 10.8. The average molecular weight is 407 g/mol. The van der Waals surface area contributed by atoms with E-state index < -0.39 is 11.9 Å². The second-order valence-corrected chi connectivity index (χ2v) is 7.25. The van der Waals surface area contributed by atoms with E-state index in [4.69, 9.17) is 13.9 Å². The Morgan fingerprint density at radius 1 is 1.07 bits per heavy atom. The molecule has 0 radical (unpaired) electrons. The Morgan fingerprint density at radius 3 is 2.66 bits per heavy atom. The highest BCUT2D eigenvalue weighted by Gasteiger charge is 2.19. The van der Waals surface area contributed by atoms with Gasteiger partial charge in [-0.05, 0) is 36.6 Å². The van der Waals surface area contributed by atoms with Crippen LogP contribution < -0.4 is 0 Å². The van der Waals surface area contributed by atoms with E-state index in [0.29, 0.717) is 39.2 Å². The Morgan fingerprint density at radius 2 is 1.90 bits per heavy atom. The van der Waals surface area contributed by atoms with Crippen LogP contribution in [0.2, 0.25) is 0 Å². The quantitative estimate of drug-likeness (QED) is 0.433. The van der Waals surface area contributed by atoms with E-state index in [0.717, 1.165) is 4.88 Å². The molecule has 7 heteroatoms. The maximum atomic E-state index is 12.9. The Kier molecular flexibility index (Phi) is 5.14. The van der Waals surface area contributed by atoms with Crippen molar-refractivity contribution in [1.29, 1.82) is 0 Å². The van der Waals surface area contributed by atoms with E-state index in [-0.39, 0.29) is 6.61 Å². The van der Waals surface area contributed by atoms with Gasteiger partial charge in [0.05, 0.1) is 28.8 Å². The first-order valence-corrected chi connectivity index (χ1v) is 9.73. The molecule has 3 aromatic heterocycles. The number of hydrogen-bond donors (Lipinski definition) is 0. The first-order valence-electron chi connectivity index (χ1n) is 8.85. The third-order valence-electron chi connectivity index (χ3n) is 4.43. The summed E-state index contributed by atoms with van der Waals surface area (Å²) in [5.41, 5.74) is 2.17. The summed E-state index contributed by atoms with van der Waals surface area (Å²) in [5.74, 6) is -0.204. The van der Waals surface area contributed by atoms with Gasteiger partial charge in [-0.15, -0.1) is 11.3 Å². The van der Waals surface area contributed by atoms with Gasteiger partial charge < -0.3 is 13.9 Å². The predicted molar refractivity (Wildman–Crippen MR) is 109 cm³/mol. The van der Waals surface area contributed by atoms with Crippen LogP contribution in [0.4, 0.5) is 0 Å². The maximum Gasteiger partial charge on any atom is 0.341 e. The highest BCUT2D eigenvalue weighted by Crippen LogP contribution is 2.28. The Hall–Kier alpha value is -3.45. The van der Waals surface area contributed by atoms with Crippen molar-refractivity contribution < 1.29 is 23.5 Å². The first-order chi connectivity index (χ1) is 14.1. The van der Waals surface area contributed by atoms with E-state index in [1.165, 1.54) is 13.2 Å². The average Bonchev–Trinajstić information content (AvgIpc) is 3.40. The molecule has 29 heavy (non-hydrogen) atoms. The Bertz CT molecular complexity index is 1190. The molecule has 0 atom stereocenters. The van der Waals surface area contributed by atoms with Gasteiger partial charge in [-0.3, -0.25) is 0 Å². The van der Waals surface area contributed by atoms with Crippen molar-refractivity contribution in [1.82, 2.24) is 4.98 Å². The van der Waals surface area contributed by atoms with E-state index in [2.05, 4.69) is 4.98 Å². The lowest BCUT2D eigenvalue weighted by Crippen LogP contribution is -2.07. The summed E-state index contributed by atoms with van der Waals surface area (Å²) in [7, 11) is 1.30. The number of carbonyl (C=O) groups is 2. The standard InChI is InChI=1S/C22H17NO5S/c1-13-16(21(24)26-2)10-14(28-13)12-27-22(25)17-11-19(20-8-5-9-29-20)23-18-7-4-3-6-15(17)18/h3-11H,12H2,1-2H3. The lowest BCUT2D eigenvalue weighted by molar-refractivity contribution is 0.0446. The molecule has 0 saturated heterocycles. The van der Waals surface area contributed by atoms with Crippen LogP contribution >= 0.6 is 11.3 Å². The molecule has 0 bridgehead atoms. The highest BCUT2D eigenvalue weighted by molar-refractivity contribution is 7.13. The predicted octanol–water partition coefficient (Wildman–Crippen LogP) is 5.01. The number of fused-ring (bicyclic) bond motifs is 1. The van der Waals surface area contributed by atoms with Gasteiger partial charge in [0, 0.05) is 5.39 Å². The van der Waals surface area contributed by atoms with E-state index >= 15 is 0 Å². The molecule has 6 nitrogen and oxygen atoms in total. The number of aromatic nitrogens is 1. The molecule has 3 heterocycles. The Balaban J connectivity index is 1.62. The van der Waals surface area contributed by atoms with Gasteiger partial charge >= 0.3 is 11.9 Å². The van der Waals surface area contributed by atoms with Crippen LogP contribution in [0.3, 0.4) is 0 Å². The molecule has 146 valence electrons. The van der Waals surface area contributed by atoms with Crippen molar-refractivity contribution in [2.75, 3.05) is 7.11 Å². The van der Waals surface area contributed by atoms with Crippen LogP contribution in [0.1, 0.15) is 32.2 Å². The lowest BCUT2D eigenvalue weighted by Gasteiger charge is -2.09. The number of para-hydroxylation sites is 1. The fraction of sp³-hybridized carbons (Fsp3) is 0.136. The van der Waals surface area contributed by atoms with Gasteiger partial charge in [0.25, 0.3) is 0 Å². The summed E-state index contributed by atoms with van der Waals surface area (Å²) in [6.45, 7) is 1.56. The largest absolute Gasteiger partial charge is 0.465 e. The molecular weight excluding hydrogens is 390 g/mol. The molecule has 0 unspecified atom stereocenters. The summed E-state index contributed by atoms with van der Waals surface area (Å²) >= 11 is 1.55. The zero-order valence-electron chi connectivity index (χ0n) is 15.8. The van der Waals surface area contributed by atoms with E-state index in [1.54, 1.807) is 24.3 Å². The Labute approximate surface area is 170 Å². The molecule has 0 fully saturated rings. The zero-order valence-corrected chi connectivity index (χ0v) is 16.6. The molecule has 0 aliphatic heterocycles. The number of ether oxygens (including phenoxy) is 2. The van der Waals surface area contributed by atoms with Crippen LogP contribution in [0.25, 0.3) is 21.5 Å². The number of rotatable bonds is 5. The second kappa shape index (κ2) is 7.89. The lowest BCUT2D eigenvalue weighted by atomic mass is 10.1. The van der Waals surface area contributed by atoms with Gasteiger partial charge in [-0.1, -0.05) is 24.3 Å². The van der Waals surface area contributed by atoms with Crippen LogP contribution in [-0.4, -0.2) is 24.0 Å². The SMILES string of the molecule is COC(=O)c1cc(COC(=O)c2cc(-c3cccs3)nc3ccccc23)oc1C. The number of thiophene rings is 1. The van der Waals surface area contributed by atoms with Gasteiger partial charge in [0.15, 0.2) is 0 Å². The molecule has 0 aliphatic carbocycles. The van der Waals surface area contributed by atoms with Crippen LogP contribution in [0, 0.1) is 6.92 Å². The van der Waals surface area contributed by atoms with E-state index in [1.807, 2.05) is 41.8 Å². The number of hydrogen-bond acceptors (Lipinski definition) is 7. The molecular formula is C22H17NO5S. The van der Waals surface area contributed by atoms with Gasteiger partial charge in [0.2, 0.25) is 0 Å². The second-order valence-electron chi connectivity index (χ2n) is 6.30. The molecule has 4 rings (SSSR count). The molecule has 1 aromatic carbocycles. The third kappa shape index (κ3) is 3.77. The zero-order chi connectivity index (χ0) is 20.4. The fourth-order valence-corrected chi connectivity index (χ4v) is 3.72. The third-order valence-corrected chi connectivity index (χ3v) is 5.32. The van der Waals surface area contributed by atoms with Crippen LogP contribution in [0.15, 0.2) is 58.3 Å². The van der Waals surface area contributed by atoms with Crippen LogP contribution in [0.5, 0.6) is 0 Å². The summed E-state index contributed by atoms with van der Waals surface area (Å²) in [5, 5.41) is 2.67. The summed E-state index contributed by atoms with van der Waals surface area (Å²) in [6.07, 6.45) is 0. The van der Waals surface area contributed by atoms with Crippen molar-refractivity contribution in [3.63, 3.8) is 0 Å². The topological polar surface area (TPSA) is 78.6 Å². The van der Waals surface area contributed by atoms with Crippen molar-refractivity contribution >= 4 is 34.2 Å².